The Morgan fingerprint density at radius 1 is 1.45 bits per heavy atom. The van der Waals surface area contributed by atoms with Gasteiger partial charge in [0.15, 0.2) is 0 Å². The van der Waals surface area contributed by atoms with Gasteiger partial charge in [-0.3, -0.25) is 4.79 Å². The van der Waals surface area contributed by atoms with Gasteiger partial charge in [0.05, 0.1) is 0 Å². The molecule has 0 heterocycles. The van der Waals surface area contributed by atoms with Crippen LogP contribution in [-0.2, 0) is 4.79 Å². The summed E-state index contributed by atoms with van der Waals surface area (Å²) in [6.45, 7) is 2.11. The van der Waals surface area contributed by atoms with E-state index < -0.39 is 0 Å². The van der Waals surface area contributed by atoms with Gasteiger partial charge in [0.2, 0.25) is 5.91 Å². The molecule has 1 saturated carbocycles. The molecule has 0 unspecified atom stereocenters. The van der Waals surface area contributed by atoms with Gasteiger partial charge in [-0.2, -0.15) is 0 Å². The maximum absolute atomic E-state index is 11.1. The van der Waals surface area contributed by atoms with E-state index in [4.69, 9.17) is 5.73 Å². The van der Waals surface area contributed by atoms with Crippen molar-refractivity contribution < 1.29 is 4.79 Å². The Hall–Kier alpha value is -0.530. The molecule has 1 amide bonds. The molecule has 1 aliphatic carbocycles. The summed E-state index contributed by atoms with van der Waals surface area (Å²) in [6.07, 6.45) is 6.48. The largest absolute Gasteiger partial charge is 0.369 e. The van der Waals surface area contributed by atoms with Crippen molar-refractivity contribution in [1.29, 1.82) is 0 Å². The highest BCUT2D eigenvalue weighted by atomic mass is 16.1. The van der Waals surface area contributed by atoms with Gasteiger partial charge in [-0.15, -0.1) is 0 Å². The minimum Gasteiger partial charge on any atom is -0.369 e. The predicted octanol–water partition coefficient (Wildman–Crippen LogP) is 1.83. The Morgan fingerprint density at radius 2 is 2.00 bits per heavy atom. The van der Waals surface area contributed by atoms with Gasteiger partial charge in [0.1, 0.15) is 0 Å². The Morgan fingerprint density at radius 3 is 2.36 bits per heavy atom. The van der Waals surface area contributed by atoms with Crippen LogP contribution >= 0.6 is 0 Å². The van der Waals surface area contributed by atoms with E-state index in [1.54, 1.807) is 0 Å². The zero-order chi connectivity index (χ0) is 8.32. The highest BCUT2D eigenvalue weighted by Gasteiger charge is 2.38. The lowest BCUT2D eigenvalue weighted by Gasteiger charge is -2.23. The van der Waals surface area contributed by atoms with Crippen LogP contribution in [0.5, 0.6) is 0 Å². The van der Waals surface area contributed by atoms with E-state index in [1.807, 2.05) is 0 Å². The zero-order valence-electron chi connectivity index (χ0n) is 7.23. The maximum Gasteiger partial charge on any atom is 0.223 e. The molecule has 1 rings (SSSR count). The average Bonchev–Trinajstić information content (AvgIpc) is 2.38. The van der Waals surface area contributed by atoms with Crippen molar-refractivity contribution in [3.8, 4) is 0 Å². The molecule has 2 nitrogen and oxygen atoms in total. The van der Waals surface area contributed by atoms with Gasteiger partial charge in [0, 0.05) is 5.41 Å². The molecular weight excluding hydrogens is 138 g/mol. The highest BCUT2D eigenvalue weighted by molar-refractivity contribution is 5.81. The molecule has 0 aliphatic heterocycles. The summed E-state index contributed by atoms with van der Waals surface area (Å²) in [5.41, 5.74) is 5.26. The molecule has 11 heavy (non-hydrogen) atoms. The molecule has 2 heteroatoms. The van der Waals surface area contributed by atoms with Gasteiger partial charge in [-0.25, -0.2) is 0 Å². The molecule has 0 bridgehead atoms. The summed E-state index contributed by atoms with van der Waals surface area (Å²) in [4.78, 5) is 11.1. The van der Waals surface area contributed by atoms with Crippen LogP contribution < -0.4 is 5.73 Å². The van der Waals surface area contributed by atoms with Crippen LogP contribution in [0.15, 0.2) is 0 Å². The number of carbonyl (C=O) groups is 1. The fraction of sp³-hybridized carbons (Fsp3) is 0.889. The lowest BCUT2D eigenvalue weighted by atomic mass is 9.81. The summed E-state index contributed by atoms with van der Waals surface area (Å²) >= 11 is 0. The third-order valence-electron chi connectivity index (χ3n) is 2.81. The third kappa shape index (κ3) is 1.55. The molecule has 64 valence electrons. The molecule has 0 saturated heterocycles. The summed E-state index contributed by atoms with van der Waals surface area (Å²) in [7, 11) is 0. The van der Waals surface area contributed by atoms with Crippen LogP contribution in [0.25, 0.3) is 0 Å². The average molecular weight is 155 g/mol. The monoisotopic (exact) mass is 155 g/mol. The number of nitrogens with two attached hydrogens (primary N) is 1. The van der Waals surface area contributed by atoms with Crippen LogP contribution in [0.2, 0.25) is 0 Å². The van der Waals surface area contributed by atoms with Gasteiger partial charge in [-0.1, -0.05) is 26.2 Å². The van der Waals surface area contributed by atoms with Crippen LogP contribution in [0, 0.1) is 5.41 Å². The van der Waals surface area contributed by atoms with E-state index in [2.05, 4.69) is 6.92 Å². The van der Waals surface area contributed by atoms with E-state index in [9.17, 15) is 4.79 Å². The minimum absolute atomic E-state index is 0.0724. The first-order valence-electron chi connectivity index (χ1n) is 4.51. The number of carbonyl (C=O) groups excluding carboxylic acids is 1. The molecular formula is C9H17NO. The smallest absolute Gasteiger partial charge is 0.223 e. The molecule has 0 spiro atoms. The van der Waals surface area contributed by atoms with Crippen LogP contribution in [0.4, 0.5) is 0 Å². The summed E-state index contributed by atoms with van der Waals surface area (Å²) in [5.74, 6) is -0.0724. The van der Waals surface area contributed by atoms with Crippen molar-refractivity contribution in [3.05, 3.63) is 0 Å². The van der Waals surface area contributed by atoms with Crippen molar-refractivity contribution in [2.75, 3.05) is 0 Å². The minimum atomic E-state index is -0.116. The van der Waals surface area contributed by atoms with E-state index >= 15 is 0 Å². The Bertz CT molecular complexity index is 148. The van der Waals surface area contributed by atoms with E-state index in [0.29, 0.717) is 0 Å². The number of primary amides is 1. The van der Waals surface area contributed by atoms with Crippen LogP contribution in [0.3, 0.4) is 0 Å². The molecule has 0 aromatic carbocycles. The first-order chi connectivity index (χ1) is 5.21. The SMILES string of the molecule is CCCC1(C(N)=O)CCCC1. The fourth-order valence-corrected chi connectivity index (χ4v) is 2.15. The first kappa shape index (κ1) is 8.57. The van der Waals surface area contributed by atoms with Crippen molar-refractivity contribution >= 4 is 5.91 Å². The maximum atomic E-state index is 11.1. The lowest BCUT2D eigenvalue weighted by molar-refractivity contribution is -0.127. The predicted molar refractivity (Wildman–Crippen MR) is 45.0 cm³/mol. The highest BCUT2D eigenvalue weighted by Crippen LogP contribution is 2.41. The zero-order valence-corrected chi connectivity index (χ0v) is 7.23. The van der Waals surface area contributed by atoms with Gasteiger partial charge < -0.3 is 5.73 Å². The van der Waals surface area contributed by atoms with Crippen molar-refractivity contribution in [1.82, 2.24) is 0 Å². The van der Waals surface area contributed by atoms with Gasteiger partial charge in [0.25, 0.3) is 0 Å². The molecule has 0 atom stereocenters. The van der Waals surface area contributed by atoms with E-state index in [1.165, 1.54) is 12.8 Å². The van der Waals surface area contributed by atoms with Gasteiger partial charge >= 0.3 is 0 Å². The number of rotatable bonds is 3. The van der Waals surface area contributed by atoms with Crippen LogP contribution in [0.1, 0.15) is 45.4 Å². The molecule has 0 radical (unpaired) electrons. The second-order valence-corrected chi connectivity index (χ2v) is 3.60. The summed E-state index contributed by atoms with van der Waals surface area (Å²) in [6, 6.07) is 0. The quantitative estimate of drug-likeness (QED) is 0.664. The number of hydrogen-bond acceptors (Lipinski definition) is 1. The van der Waals surface area contributed by atoms with Gasteiger partial charge in [-0.05, 0) is 19.3 Å². The van der Waals surface area contributed by atoms with Crippen molar-refractivity contribution in [2.24, 2.45) is 11.1 Å². The van der Waals surface area contributed by atoms with Crippen molar-refractivity contribution in [3.63, 3.8) is 0 Å². The molecule has 0 aromatic rings. The number of amides is 1. The molecule has 2 N–H and O–H groups in total. The molecule has 1 fully saturated rings. The first-order valence-corrected chi connectivity index (χ1v) is 4.51. The second kappa shape index (κ2) is 3.24. The summed E-state index contributed by atoms with van der Waals surface area (Å²) < 4.78 is 0. The fourth-order valence-electron chi connectivity index (χ4n) is 2.15. The van der Waals surface area contributed by atoms with Crippen molar-refractivity contribution in [2.45, 2.75) is 45.4 Å². The standard InChI is InChI=1S/C9H17NO/c1-2-5-9(8(10)11)6-3-4-7-9/h2-7H2,1H3,(H2,10,11). The third-order valence-corrected chi connectivity index (χ3v) is 2.81. The Kier molecular flexibility index (Phi) is 2.53. The molecule has 1 aliphatic rings. The van der Waals surface area contributed by atoms with Crippen LogP contribution in [-0.4, -0.2) is 5.91 Å². The normalized spacial score (nSPS) is 21.9. The molecule has 0 aromatic heterocycles. The Labute approximate surface area is 68.2 Å². The Balaban J connectivity index is 2.62. The summed E-state index contributed by atoms with van der Waals surface area (Å²) in [5, 5.41) is 0. The second-order valence-electron chi connectivity index (χ2n) is 3.60. The number of hydrogen-bond donors (Lipinski definition) is 1. The van der Waals surface area contributed by atoms with E-state index in [0.717, 1.165) is 25.7 Å². The van der Waals surface area contributed by atoms with E-state index in [-0.39, 0.29) is 11.3 Å². The topological polar surface area (TPSA) is 43.1 Å². The lowest BCUT2D eigenvalue weighted by Crippen LogP contribution is -2.34.